The smallest absolute Gasteiger partial charge is 0.257 e. The number of likely N-dealkylation sites (tertiary alicyclic amines) is 1. The van der Waals surface area contributed by atoms with Gasteiger partial charge in [-0.25, -0.2) is 4.98 Å². The zero-order valence-corrected chi connectivity index (χ0v) is 17.7. The molecule has 2 heterocycles. The normalized spacial score (nSPS) is 13.7. The van der Waals surface area contributed by atoms with Crippen LogP contribution in [0, 0.1) is 0 Å². The second kappa shape index (κ2) is 8.53. The molecule has 1 aromatic heterocycles. The number of carbonyl (C=O) groups is 2. The third-order valence-electron chi connectivity index (χ3n) is 4.66. The summed E-state index contributed by atoms with van der Waals surface area (Å²) >= 11 is 13.6. The molecule has 8 heteroatoms. The average molecular weight is 446 g/mol. The number of nitrogens with zero attached hydrogens (tertiary/aromatic N) is 2. The van der Waals surface area contributed by atoms with E-state index in [-0.39, 0.29) is 11.8 Å². The van der Waals surface area contributed by atoms with Crippen LogP contribution in [-0.2, 0) is 11.3 Å². The lowest BCUT2D eigenvalue weighted by Crippen LogP contribution is -2.24. The van der Waals surface area contributed by atoms with Gasteiger partial charge in [0.1, 0.15) is 0 Å². The Morgan fingerprint density at radius 1 is 1.21 bits per heavy atom. The number of hydrogen-bond donors (Lipinski definition) is 1. The van der Waals surface area contributed by atoms with Crippen molar-refractivity contribution in [2.24, 2.45) is 0 Å². The molecule has 0 unspecified atom stereocenters. The highest BCUT2D eigenvalue weighted by Gasteiger charge is 2.20. The van der Waals surface area contributed by atoms with Crippen LogP contribution < -0.4 is 5.32 Å². The highest BCUT2D eigenvalue weighted by molar-refractivity contribution is 7.14. The van der Waals surface area contributed by atoms with Gasteiger partial charge in [0, 0.05) is 41.0 Å². The molecular weight excluding hydrogens is 429 g/mol. The molecule has 2 amide bonds. The molecule has 0 saturated carbocycles. The van der Waals surface area contributed by atoms with Gasteiger partial charge in [-0.3, -0.25) is 14.9 Å². The van der Waals surface area contributed by atoms with Gasteiger partial charge in [0.25, 0.3) is 5.91 Å². The Kier molecular flexibility index (Phi) is 5.85. The predicted molar refractivity (Wildman–Crippen MR) is 117 cm³/mol. The van der Waals surface area contributed by atoms with Gasteiger partial charge < -0.3 is 4.90 Å². The molecule has 0 spiro atoms. The molecule has 0 radical (unpaired) electrons. The number of aromatic nitrogens is 1. The number of halogens is 2. The molecule has 1 aliphatic rings. The Morgan fingerprint density at radius 3 is 2.86 bits per heavy atom. The van der Waals surface area contributed by atoms with Gasteiger partial charge in [-0.1, -0.05) is 35.3 Å². The first kappa shape index (κ1) is 19.9. The van der Waals surface area contributed by atoms with E-state index in [2.05, 4.69) is 10.3 Å². The highest BCUT2D eigenvalue weighted by atomic mass is 35.5. The standard InChI is InChI=1S/C21H17Cl2N3O2S/c22-15-6-7-17(23)16(10-15)18-12-29-21(24-18)25-20(28)14-4-1-3-13(9-14)11-26-8-2-5-19(26)27/h1,3-4,6-7,9-10,12H,2,5,8,11H2,(H,24,25,28). The SMILES string of the molecule is O=C(Nc1nc(-c2cc(Cl)ccc2Cl)cs1)c1cccc(CN2CCCC2=O)c1. The van der Waals surface area contributed by atoms with Crippen molar-refractivity contribution in [2.45, 2.75) is 19.4 Å². The first-order chi connectivity index (χ1) is 14.0. The molecule has 3 aromatic rings. The molecular formula is C21H17Cl2N3O2S. The monoisotopic (exact) mass is 445 g/mol. The van der Waals surface area contributed by atoms with Crippen molar-refractivity contribution in [2.75, 3.05) is 11.9 Å². The van der Waals surface area contributed by atoms with E-state index in [1.165, 1.54) is 11.3 Å². The lowest BCUT2D eigenvalue weighted by molar-refractivity contribution is -0.128. The first-order valence-corrected chi connectivity index (χ1v) is 10.7. The van der Waals surface area contributed by atoms with E-state index in [0.29, 0.717) is 45.0 Å². The molecule has 2 aromatic carbocycles. The molecule has 0 bridgehead atoms. The van der Waals surface area contributed by atoms with Crippen LogP contribution in [0.1, 0.15) is 28.8 Å². The minimum Gasteiger partial charge on any atom is -0.338 e. The fraction of sp³-hybridized carbons (Fsp3) is 0.190. The van der Waals surface area contributed by atoms with Crippen LogP contribution in [0.4, 0.5) is 5.13 Å². The number of nitrogens with one attached hydrogen (secondary N) is 1. The maximum Gasteiger partial charge on any atom is 0.257 e. The molecule has 1 fully saturated rings. The predicted octanol–water partition coefficient (Wildman–Crippen LogP) is 5.49. The molecule has 0 atom stereocenters. The van der Waals surface area contributed by atoms with Gasteiger partial charge in [-0.05, 0) is 42.3 Å². The van der Waals surface area contributed by atoms with E-state index >= 15 is 0 Å². The Bertz CT molecular complexity index is 1080. The lowest BCUT2D eigenvalue weighted by atomic mass is 10.1. The number of carbonyl (C=O) groups excluding carboxylic acids is 2. The summed E-state index contributed by atoms with van der Waals surface area (Å²) in [7, 11) is 0. The molecule has 29 heavy (non-hydrogen) atoms. The van der Waals surface area contributed by atoms with Gasteiger partial charge >= 0.3 is 0 Å². The van der Waals surface area contributed by atoms with Crippen LogP contribution in [-0.4, -0.2) is 28.2 Å². The van der Waals surface area contributed by atoms with Crippen LogP contribution in [0.25, 0.3) is 11.3 Å². The number of anilines is 1. The maximum absolute atomic E-state index is 12.7. The van der Waals surface area contributed by atoms with E-state index in [9.17, 15) is 9.59 Å². The maximum atomic E-state index is 12.7. The van der Waals surface area contributed by atoms with Crippen molar-refractivity contribution < 1.29 is 9.59 Å². The van der Waals surface area contributed by atoms with Gasteiger partial charge in [0.2, 0.25) is 5.91 Å². The fourth-order valence-electron chi connectivity index (χ4n) is 3.22. The number of rotatable bonds is 5. The van der Waals surface area contributed by atoms with Crippen LogP contribution in [0.15, 0.2) is 47.8 Å². The fourth-order valence-corrected chi connectivity index (χ4v) is 4.31. The third-order valence-corrected chi connectivity index (χ3v) is 5.99. The number of benzene rings is 2. The number of hydrogen-bond acceptors (Lipinski definition) is 4. The quantitative estimate of drug-likeness (QED) is 0.564. The molecule has 148 valence electrons. The van der Waals surface area contributed by atoms with Gasteiger partial charge in [0.05, 0.1) is 10.7 Å². The Hall–Kier alpha value is -2.41. The Morgan fingerprint density at radius 2 is 2.07 bits per heavy atom. The minimum absolute atomic E-state index is 0.162. The molecule has 0 aliphatic carbocycles. The van der Waals surface area contributed by atoms with Crippen LogP contribution in [0.5, 0.6) is 0 Å². The van der Waals surface area contributed by atoms with E-state index in [1.807, 2.05) is 28.5 Å². The van der Waals surface area contributed by atoms with Crippen LogP contribution in [0.2, 0.25) is 10.0 Å². The second-order valence-electron chi connectivity index (χ2n) is 6.74. The van der Waals surface area contributed by atoms with Crippen molar-refractivity contribution in [3.63, 3.8) is 0 Å². The Balaban J connectivity index is 1.47. The van der Waals surface area contributed by atoms with Gasteiger partial charge in [-0.15, -0.1) is 11.3 Å². The molecule has 1 saturated heterocycles. The summed E-state index contributed by atoms with van der Waals surface area (Å²) in [5.41, 5.74) is 2.82. The number of amides is 2. The summed E-state index contributed by atoms with van der Waals surface area (Å²) in [6, 6.07) is 12.5. The number of thiazole rings is 1. The second-order valence-corrected chi connectivity index (χ2v) is 8.44. The molecule has 5 nitrogen and oxygen atoms in total. The van der Waals surface area contributed by atoms with Gasteiger partial charge in [0.15, 0.2) is 5.13 Å². The summed E-state index contributed by atoms with van der Waals surface area (Å²) in [6.07, 6.45) is 1.49. The molecule has 4 rings (SSSR count). The van der Waals surface area contributed by atoms with Crippen molar-refractivity contribution in [1.29, 1.82) is 0 Å². The Labute approximate surface area is 182 Å². The summed E-state index contributed by atoms with van der Waals surface area (Å²) in [5.74, 6) is -0.0902. The van der Waals surface area contributed by atoms with Crippen molar-refractivity contribution >= 4 is 51.5 Å². The topological polar surface area (TPSA) is 62.3 Å². The van der Waals surface area contributed by atoms with Crippen molar-refractivity contribution in [3.8, 4) is 11.3 Å². The summed E-state index contributed by atoms with van der Waals surface area (Å²) < 4.78 is 0. The van der Waals surface area contributed by atoms with E-state index < -0.39 is 0 Å². The molecule has 1 N–H and O–H groups in total. The van der Waals surface area contributed by atoms with E-state index in [4.69, 9.17) is 23.2 Å². The lowest BCUT2D eigenvalue weighted by Gasteiger charge is -2.15. The van der Waals surface area contributed by atoms with Crippen molar-refractivity contribution in [3.05, 3.63) is 69.0 Å². The minimum atomic E-state index is -0.252. The zero-order chi connectivity index (χ0) is 20.4. The largest absolute Gasteiger partial charge is 0.338 e. The summed E-state index contributed by atoms with van der Waals surface area (Å²) in [6.45, 7) is 1.29. The average Bonchev–Trinajstić information content (AvgIpc) is 3.33. The first-order valence-electron chi connectivity index (χ1n) is 9.08. The summed E-state index contributed by atoms with van der Waals surface area (Å²) in [4.78, 5) is 30.8. The van der Waals surface area contributed by atoms with Crippen LogP contribution >= 0.6 is 34.5 Å². The third kappa shape index (κ3) is 4.61. The van der Waals surface area contributed by atoms with E-state index in [0.717, 1.165) is 18.5 Å². The van der Waals surface area contributed by atoms with Gasteiger partial charge in [-0.2, -0.15) is 0 Å². The van der Waals surface area contributed by atoms with Crippen molar-refractivity contribution in [1.82, 2.24) is 9.88 Å². The zero-order valence-electron chi connectivity index (χ0n) is 15.3. The highest BCUT2D eigenvalue weighted by Crippen LogP contribution is 2.32. The van der Waals surface area contributed by atoms with E-state index in [1.54, 1.807) is 24.3 Å². The summed E-state index contributed by atoms with van der Waals surface area (Å²) in [5, 5.41) is 6.23. The molecule has 1 aliphatic heterocycles. The van der Waals surface area contributed by atoms with Crippen LogP contribution in [0.3, 0.4) is 0 Å².